The number of sulfonamides is 1. The largest absolute Gasteiger partial charge is 0.285 e. The molecule has 0 saturated heterocycles. The highest BCUT2D eigenvalue weighted by molar-refractivity contribution is 7.90. The molecule has 0 atom stereocenters. The number of hydrogen-bond donors (Lipinski definition) is 0. The molecule has 3 rings (SSSR count). The van der Waals surface area contributed by atoms with Gasteiger partial charge in [0.05, 0.1) is 6.21 Å². The molecular weight excluding hydrogens is 305 g/mol. The molecule has 7 heteroatoms. The van der Waals surface area contributed by atoms with Gasteiger partial charge in [-0.3, -0.25) is 0 Å². The second-order valence-corrected chi connectivity index (χ2v) is 6.28. The van der Waals surface area contributed by atoms with E-state index < -0.39 is 10.0 Å². The lowest BCUT2D eigenvalue weighted by Crippen LogP contribution is -2.21. The fourth-order valence-corrected chi connectivity index (χ4v) is 3.31. The summed E-state index contributed by atoms with van der Waals surface area (Å²) in [5.41, 5.74) is 1.21. The van der Waals surface area contributed by atoms with Crippen LogP contribution in [-0.4, -0.2) is 32.5 Å². The van der Waals surface area contributed by atoms with Crippen molar-refractivity contribution in [2.45, 2.75) is 4.90 Å². The van der Waals surface area contributed by atoms with Crippen molar-refractivity contribution in [3.05, 3.63) is 65.5 Å². The molecule has 0 bridgehead atoms. The summed E-state index contributed by atoms with van der Waals surface area (Å²) in [4.78, 5) is 0.175. The predicted octanol–water partition coefficient (Wildman–Crippen LogP) is 2.24. The van der Waals surface area contributed by atoms with Crippen LogP contribution < -0.4 is 0 Å². The van der Waals surface area contributed by atoms with Crippen LogP contribution in [0.5, 0.6) is 0 Å². The zero-order valence-corrected chi connectivity index (χ0v) is 12.5. The minimum Gasteiger partial charge on any atom is -0.250 e. The van der Waals surface area contributed by atoms with Gasteiger partial charge in [-0.05, 0) is 29.8 Å². The molecule has 0 radical (unpaired) electrons. The highest BCUT2D eigenvalue weighted by Gasteiger charge is 2.30. The first-order valence-electron chi connectivity index (χ1n) is 6.45. The fourth-order valence-electron chi connectivity index (χ4n) is 2.08. The van der Waals surface area contributed by atoms with Crippen molar-refractivity contribution in [1.82, 2.24) is 5.01 Å². The van der Waals surface area contributed by atoms with Crippen molar-refractivity contribution < 1.29 is 12.8 Å². The minimum atomic E-state index is -3.67. The molecule has 2 aromatic rings. The third-order valence-corrected chi connectivity index (χ3v) is 4.49. The van der Waals surface area contributed by atoms with Gasteiger partial charge in [-0.1, -0.05) is 24.3 Å². The molecule has 1 heterocycles. The molecule has 5 nitrogen and oxygen atoms in total. The molecule has 0 fully saturated rings. The van der Waals surface area contributed by atoms with Crippen molar-refractivity contribution >= 4 is 22.1 Å². The van der Waals surface area contributed by atoms with E-state index in [1.807, 2.05) is 0 Å². The molecule has 0 aromatic heterocycles. The SMILES string of the molecule is CN(/N=C/c1ccc(F)cc1)C1=NS(=O)(=O)c2ccccc21. The monoisotopic (exact) mass is 317 g/mol. The Kier molecular flexibility index (Phi) is 3.50. The van der Waals surface area contributed by atoms with Crippen LogP contribution in [0.3, 0.4) is 0 Å². The molecule has 0 spiro atoms. The standard InChI is InChI=1S/C15H12FN3O2S/c1-19(17-10-11-6-8-12(16)9-7-11)15-13-4-2-3-5-14(13)22(20,21)18-15/h2-10H,1H3/b17-10+. The van der Waals surface area contributed by atoms with Crippen LogP contribution in [0, 0.1) is 5.82 Å². The Bertz CT molecular complexity index is 874. The maximum Gasteiger partial charge on any atom is 0.285 e. The maximum absolute atomic E-state index is 12.8. The molecule has 0 unspecified atom stereocenters. The molecule has 0 amide bonds. The van der Waals surface area contributed by atoms with E-state index in [1.54, 1.807) is 37.4 Å². The molecule has 112 valence electrons. The van der Waals surface area contributed by atoms with Crippen molar-refractivity contribution in [1.29, 1.82) is 0 Å². The maximum atomic E-state index is 12.8. The Labute approximate surface area is 127 Å². The van der Waals surface area contributed by atoms with E-state index in [4.69, 9.17) is 0 Å². The van der Waals surface area contributed by atoms with Crippen LogP contribution in [0.15, 0.2) is 62.9 Å². The summed E-state index contributed by atoms with van der Waals surface area (Å²) in [6.45, 7) is 0. The molecular formula is C15H12FN3O2S. The molecule has 1 aliphatic heterocycles. The van der Waals surface area contributed by atoms with Crippen LogP contribution in [0.4, 0.5) is 4.39 Å². The summed E-state index contributed by atoms with van der Waals surface area (Å²) in [5.74, 6) is -0.0698. The Balaban J connectivity index is 1.90. The zero-order chi connectivity index (χ0) is 15.7. The zero-order valence-electron chi connectivity index (χ0n) is 11.6. The molecule has 2 aromatic carbocycles. The van der Waals surface area contributed by atoms with E-state index in [0.29, 0.717) is 11.1 Å². The number of rotatable bonds is 2. The average Bonchev–Trinajstić information content (AvgIpc) is 2.79. The van der Waals surface area contributed by atoms with Gasteiger partial charge in [-0.2, -0.15) is 13.5 Å². The summed E-state index contributed by atoms with van der Waals surface area (Å²) in [6, 6.07) is 12.4. The van der Waals surface area contributed by atoms with Gasteiger partial charge in [-0.25, -0.2) is 9.40 Å². The summed E-state index contributed by atoms with van der Waals surface area (Å²) in [5, 5.41) is 5.54. The molecule has 22 heavy (non-hydrogen) atoms. The van der Waals surface area contributed by atoms with Crippen LogP contribution in [0.2, 0.25) is 0 Å². The van der Waals surface area contributed by atoms with Crippen molar-refractivity contribution in [2.75, 3.05) is 7.05 Å². The van der Waals surface area contributed by atoms with Gasteiger partial charge >= 0.3 is 0 Å². The van der Waals surface area contributed by atoms with Gasteiger partial charge in [0.1, 0.15) is 10.7 Å². The second-order valence-electron chi connectivity index (χ2n) is 4.71. The van der Waals surface area contributed by atoms with Crippen LogP contribution >= 0.6 is 0 Å². The van der Waals surface area contributed by atoms with Gasteiger partial charge in [-0.15, -0.1) is 4.40 Å². The predicted molar refractivity (Wildman–Crippen MR) is 81.9 cm³/mol. The highest BCUT2D eigenvalue weighted by atomic mass is 32.2. The van der Waals surface area contributed by atoms with E-state index in [-0.39, 0.29) is 16.5 Å². The Morgan fingerprint density at radius 1 is 1.14 bits per heavy atom. The molecule has 0 saturated carbocycles. The van der Waals surface area contributed by atoms with E-state index in [2.05, 4.69) is 9.50 Å². The molecule has 0 aliphatic carbocycles. The van der Waals surface area contributed by atoms with Gasteiger partial charge in [0, 0.05) is 12.6 Å². The van der Waals surface area contributed by atoms with Crippen LogP contribution in [0.1, 0.15) is 11.1 Å². The topological polar surface area (TPSA) is 62.1 Å². The number of halogens is 1. The van der Waals surface area contributed by atoms with E-state index in [0.717, 1.165) is 0 Å². The van der Waals surface area contributed by atoms with Gasteiger partial charge in [0.15, 0.2) is 5.84 Å². The number of fused-ring (bicyclic) bond motifs is 1. The first-order chi connectivity index (χ1) is 10.5. The van der Waals surface area contributed by atoms with Gasteiger partial charge in [0.2, 0.25) is 0 Å². The quantitative estimate of drug-likeness (QED) is 0.630. The Morgan fingerprint density at radius 3 is 2.55 bits per heavy atom. The van der Waals surface area contributed by atoms with E-state index >= 15 is 0 Å². The Morgan fingerprint density at radius 2 is 1.82 bits per heavy atom. The minimum absolute atomic E-state index is 0.175. The van der Waals surface area contributed by atoms with Crippen molar-refractivity contribution in [3.8, 4) is 0 Å². The van der Waals surface area contributed by atoms with E-state index in [1.165, 1.54) is 29.4 Å². The van der Waals surface area contributed by atoms with E-state index in [9.17, 15) is 12.8 Å². The lowest BCUT2D eigenvalue weighted by Gasteiger charge is -2.12. The number of hydrogen-bond acceptors (Lipinski definition) is 4. The summed E-state index contributed by atoms with van der Waals surface area (Å²) in [6.07, 6.45) is 1.51. The summed E-state index contributed by atoms with van der Waals surface area (Å²) < 4.78 is 40.5. The lowest BCUT2D eigenvalue weighted by molar-refractivity contribution is 0.549. The highest BCUT2D eigenvalue weighted by Crippen LogP contribution is 2.26. The normalized spacial score (nSPS) is 15.6. The second kappa shape index (κ2) is 5.34. The summed E-state index contributed by atoms with van der Waals surface area (Å²) >= 11 is 0. The van der Waals surface area contributed by atoms with Gasteiger partial charge < -0.3 is 0 Å². The van der Waals surface area contributed by atoms with Crippen LogP contribution in [-0.2, 0) is 10.0 Å². The van der Waals surface area contributed by atoms with Crippen molar-refractivity contribution in [2.24, 2.45) is 9.50 Å². The number of hydrazone groups is 1. The third kappa shape index (κ3) is 2.62. The van der Waals surface area contributed by atoms with Gasteiger partial charge in [0.25, 0.3) is 10.0 Å². The fraction of sp³-hybridized carbons (Fsp3) is 0.0667. The lowest BCUT2D eigenvalue weighted by atomic mass is 10.2. The van der Waals surface area contributed by atoms with Crippen molar-refractivity contribution in [3.63, 3.8) is 0 Å². The Hall–Kier alpha value is -2.54. The summed E-state index contributed by atoms with van der Waals surface area (Å²) in [7, 11) is -2.06. The molecule has 1 aliphatic rings. The number of benzene rings is 2. The first kappa shape index (κ1) is 14.4. The van der Waals surface area contributed by atoms with Crippen LogP contribution in [0.25, 0.3) is 0 Å². The molecule has 0 N–H and O–H groups in total. The number of amidine groups is 1. The first-order valence-corrected chi connectivity index (χ1v) is 7.89. The average molecular weight is 317 g/mol. The smallest absolute Gasteiger partial charge is 0.250 e. The number of nitrogens with zero attached hydrogens (tertiary/aromatic N) is 3. The third-order valence-electron chi connectivity index (χ3n) is 3.17.